The molecule has 0 atom stereocenters. The van der Waals surface area contributed by atoms with Gasteiger partial charge in [0.2, 0.25) is 0 Å². The first kappa shape index (κ1) is 18.3. The summed E-state index contributed by atoms with van der Waals surface area (Å²) in [6.07, 6.45) is 2.14. The SMILES string of the molecule is O=C(COC(=O)c1ccc(Cl)nc1)NCCCSc1ccccc1. The van der Waals surface area contributed by atoms with Gasteiger partial charge in [-0.15, -0.1) is 11.8 Å². The summed E-state index contributed by atoms with van der Waals surface area (Å²) in [4.78, 5) is 28.3. The number of nitrogens with zero attached hydrogens (tertiary/aromatic N) is 1. The van der Waals surface area contributed by atoms with Gasteiger partial charge < -0.3 is 10.1 Å². The van der Waals surface area contributed by atoms with Crippen molar-refractivity contribution in [1.82, 2.24) is 10.3 Å². The van der Waals surface area contributed by atoms with Crippen molar-refractivity contribution in [3.8, 4) is 0 Å². The first-order valence-electron chi connectivity index (χ1n) is 7.38. The van der Waals surface area contributed by atoms with Gasteiger partial charge in [-0.1, -0.05) is 29.8 Å². The minimum Gasteiger partial charge on any atom is -0.452 e. The average molecular weight is 365 g/mol. The molecule has 0 aliphatic rings. The van der Waals surface area contributed by atoms with Crippen LogP contribution in [0.3, 0.4) is 0 Å². The molecule has 126 valence electrons. The molecule has 2 rings (SSSR count). The highest BCUT2D eigenvalue weighted by atomic mass is 35.5. The van der Waals surface area contributed by atoms with Crippen LogP contribution < -0.4 is 5.32 Å². The Morgan fingerprint density at radius 1 is 1.17 bits per heavy atom. The lowest BCUT2D eigenvalue weighted by Crippen LogP contribution is -2.29. The van der Waals surface area contributed by atoms with Crippen molar-refractivity contribution in [2.24, 2.45) is 0 Å². The fraction of sp³-hybridized carbons (Fsp3) is 0.235. The van der Waals surface area contributed by atoms with Gasteiger partial charge in [-0.3, -0.25) is 4.79 Å². The zero-order chi connectivity index (χ0) is 17.2. The zero-order valence-electron chi connectivity index (χ0n) is 12.9. The number of benzene rings is 1. The number of hydrogen-bond acceptors (Lipinski definition) is 5. The summed E-state index contributed by atoms with van der Waals surface area (Å²) < 4.78 is 4.92. The van der Waals surface area contributed by atoms with Crippen molar-refractivity contribution in [1.29, 1.82) is 0 Å². The predicted octanol–water partition coefficient (Wildman–Crippen LogP) is 3.19. The van der Waals surface area contributed by atoms with E-state index in [9.17, 15) is 9.59 Å². The number of amides is 1. The Morgan fingerprint density at radius 2 is 1.96 bits per heavy atom. The minimum atomic E-state index is -0.603. The third-order valence-corrected chi connectivity index (χ3v) is 4.27. The molecule has 1 amide bonds. The van der Waals surface area contributed by atoms with Crippen molar-refractivity contribution >= 4 is 35.2 Å². The smallest absolute Gasteiger partial charge is 0.340 e. The van der Waals surface area contributed by atoms with Crippen LogP contribution >= 0.6 is 23.4 Å². The Morgan fingerprint density at radius 3 is 2.67 bits per heavy atom. The van der Waals surface area contributed by atoms with Crippen molar-refractivity contribution < 1.29 is 14.3 Å². The van der Waals surface area contributed by atoms with Gasteiger partial charge in [-0.2, -0.15) is 0 Å². The maximum Gasteiger partial charge on any atom is 0.340 e. The fourth-order valence-electron chi connectivity index (χ4n) is 1.77. The normalized spacial score (nSPS) is 10.2. The molecular weight excluding hydrogens is 348 g/mol. The van der Waals surface area contributed by atoms with E-state index in [4.69, 9.17) is 16.3 Å². The summed E-state index contributed by atoms with van der Waals surface area (Å²) in [6, 6.07) is 13.1. The van der Waals surface area contributed by atoms with E-state index in [1.165, 1.54) is 23.2 Å². The molecule has 0 bridgehead atoms. The summed E-state index contributed by atoms with van der Waals surface area (Å²) in [7, 11) is 0. The summed E-state index contributed by atoms with van der Waals surface area (Å²) in [5, 5.41) is 3.01. The molecule has 1 aromatic carbocycles. The number of aromatic nitrogens is 1. The predicted molar refractivity (Wildman–Crippen MR) is 94.3 cm³/mol. The third-order valence-electron chi connectivity index (χ3n) is 2.95. The van der Waals surface area contributed by atoms with Gasteiger partial charge >= 0.3 is 5.97 Å². The number of carbonyl (C=O) groups is 2. The summed E-state index contributed by atoms with van der Waals surface area (Å²) in [5.41, 5.74) is 0.256. The van der Waals surface area contributed by atoms with Crippen LogP contribution in [-0.4, -0.2) is 35.8 Å². The molecule has 0 fully saturated rings. The van der Waals surface area contributed by atoms with E-state index in [-0.39, 0.29) is 23.2 Å². The molecule has 1 N–H and O–H groups in total. The van der Waals surface area contributed by atoms with Gasteiger partial charge in [0.25, 0.3) is 5.91 Å². The lowest BCUT2D eigenvalue weighted by atomic mass is 10.3. The van der Waals surface area contributed by atoms with Gasteiger partial charge in [0.1, 0.15) is 5.15 Å². The molecule has 0 spiro atoms. The minimum absolute atomic E-state index is 0.256. The maximum absolute atomic E-state index is 11.7. The lowest BCUT2D eigenvalue weighted by molar-refractivity contribution is -0.124. The van der Waals surface area contributed by atoms with Gasteiger partial charge in [0, 0.05) is 17.6 Å². The molecule has 0 aliphatic heterocycles. The molecule has 1 heterocycles. The zero-order valence-corrected chi connectivity index (χ0v) is 14.5. The number of thioether (sulfide) groups is 1. The van der Waals surface area contributed by atoms with Gasteiger partial charge in [-0.05, 0) is 36.4 Å². The summed E-state index contributed by atoms with van der Waals surface area (Å²) in [6.45, 7) is 0.228. The maximum atomic E-state index is 11.7. The van der Waals surface area contributed by atoms with Crippen LogP contribution in [0.5, 0.6) is 0 Å². The highest BCUT2D eigenvalue weighted by molar-refractivity contribution is 7.99. The number of esters is 1. The average Bonchev–Trinajstić information content (AvgIpc) is 2.61. The van der Waals surface area contributed by atoms with E-state index in [2.05, 4.69) is 10.3 Å². The Balaban J connectivity index is 1.58. The van der Waals surface area contributed by atoms with E-state index in [1.54, 1.807) is 11.8 Å². The molecule has 1 aromatic heterocycles. The standard InChI is InChI=1S/C17H17ClN2O3S/c18-15-8-7-13(11-20-15)17(22)23-12-16(21)19-9-4-10-24-14-5-2-1-3-6-14/h1-3,5-8,11H,4,9-10,12H2,(H,19,21). The quantitative estimate of drug-likeness (QED) is 0.337. The van der Waals surface area contributed by atoms with Gasteiger partial charge in [-0.25, -0.2) is 9.78 Å². The number of carbonyl (C=O) groups excluding carboxylic acids is 2. The number of halogens is 1. The van der Waals surface area contributed by atoms with Gasteiger partial charge in [0.15, 0.2) is 6.61 Å². The van der Waals surface area contributed by atoms with Crippen LogP contribution in [0, 0.1) is 0 Å². The number of ether oxygens (including phenoxy) is 1. The Bertz CT molecular complexity index is 665. The molecule has 0 saturated heterocycles. The molecule has 0 aliphatic carbocycles. The van der Waals surface area contributed by atoms with Crippen molar-refractivity contribution in [2.75, 3.05) is 18.9 Å². The largest absolute Gasteiger partial charge is 0.452 e. The van der Waals surface area contributed by atoms with Crippen molar-refractivity contribution in [3.63, 3.8) is 0 Å². The molecule has 0 saturated carbocycles. The Hall–Kier alpha value is -2.05. The highest BCUT2D eigenvalue weighted by Gasteiger charge is 2.10. The second kappa shape index (κ2) is 9.95. The third kappa shape index (κ3) is 6.60. The number of pyridine rings is 1. The molecule has 7 heteroatoms. The van der Waals surface area contributed by atoms with Crippen LogP contribution in [0.25, 0.3) is 0 Å². The highest BCUT2D eigenvalue weighted by Crippen LogP contribution is 2.17. The van der Waals surface area contributed by atoms with Crippen LogP contribution in [0.15, 0.2) is 53.6 Å². The fourth-order valence-corrected chi connectivity index (χ4v) is 2.75. The molecular formula is C17H17ClN2O3S. The first-order valence-corrected chi connectivity index (χ1v) is 8.75. The topological polar surface area (TPSA) is 68.3 Å². The number of nitrogens with one attached hydrogen (secondary N) is 1. The van der Waals surface area contributed by atoms with Crippen LogP contribution in [-0.2, 0) is 9.53 Å². The molecule has 2 aromatic rings. The molecule has 0 radical (unpaired) electrons. The van der Waals surface area contributed by atoms with E-state index < -0.39 is 5.97 Å². The number of hydrogen-bond donors (Lipinski definition) is 1. The monoisotopic (exact) mass is 364 g/mol. The van der Waals surface area contributed by atoms with Crippen molar-refractivity contribution in [2.45, 2.75) is 11.3 Å². The van der Waals surface area contributed by atoms with Crippen LogP contribution in [0.4, 0.5) is 0 Å². The Kier molecular flexibility index (Phi) is 7.58. The van der Waals surface area contributed by atoms with E-state index in [0.717, 1.165) is 12.2 Å². The molecule has 0 unspecified atom stereocenters. The number of rotatable bonds is 8. The lowest BCUT2D eigenvalue weighted by Gasteiger charge is -2.06. The first-order chi connectivity index (χ1) is 11.6. The van der Waals surface area contributed by atoms with Crippen LogP contribution in [0.2, 0.25) is 5.15 Å². The summed E-state index contributed by atoms with van der Waals surface area (Å²) in [5.74, 6) is -0.0236. The summed E-state index contributed by atoms with van der Waals surface area (Å²) >= 11 is 7.37. The molecule has 24 heavy (non-hydrogen) atoms. The molecule has 5 nitrogen and oxygen atoms in total. The second-order valence-corrected chi connectivity index (χ2v) is 6.37. The van der Waals surface area contributed by atoms with E-state index >= 15 is 0 Å². The van der Waals surface area contributed by atoms with Gasteiger partial charge in [0.05, 0.1) is 5.56 Å². The van der Waals surface area contributed by atoms with E-state index in [1.807, 2.05) is 30.3 Å². The second-order valence-electron chi connectivity index (χ2n) is 4.81. The Labute approximate surface area is 149 Å². The van der Waals surface area contributed by atoms with Crippen LogP contribution in [0.1, 0.15) is 16.8 Å². The van der Waals surface area contributed by atoms with Crippen molar-refractivity contribution in [3.05, 3.63) is 59.4 Å². The van der Waals surface area contributed by atoms with E-state index in [0.29, 0.717) is 6.54 Å².